The molecule has 21 heavy (non-hydrogen) atoms. The molecule has 7 nitrogen and oxygen atoms in total. The summed E-state index contributed by atoms with van der Waals surface area (Å²) < 4.78 is 18.8. The number of benzene rings is 1. The van der Waals surface area contributed by atoms with Gasteiger partial charge in [-0.25, -0.2) is 4.39 Å². The van der Waals surface area contributed by atoms with Crippen molar-refractivity contribution in [3.05, 3.63) is 34.1 Å². The van der Waals surface area contributed by atoms with E-state index >= 15 is 0 Å². The van der Waals surface area contributed by atoms with E-state index in [1.54, 1.807) is 13.8 Å². The van der Waals surface area contributed by atoms with Crippen LogP contribution in [0, 0.1) is 15.9 Å². The third-order valence-corrected chi connectivity index (χ3v) is 2.72. The van der Waals surface area contributed by atoms with Crippen LogP contribution >= 0.6 is 0 Å². The van der Waals surface area contributed by atoms with Crippen LogP contribution in [0.4, 0.5) is 10.1 Å². The molecule has 1 aromatic carbocycles. The fraction of sp³-hybridized carbons (Fsp3) is 0.462. The average molecular weight is 300 g/mol. The molecule has 116 valence electrons. The first-order chi connectivity index (χ1) is 9.65. The highest BCUT2D eigenvalue weighted by Crippen LogP contribution is 2.23. The molecule has 0 spiro atoms. The molecule has 0 bridgehead atoms. The van der Waals surface area contributed by atoms with Crippen molar-refractivity contribution in [2.24, 2.45) is 0 Å². The summed E-state index contributed by atoms with van der Waals surface area (Å²) in [6.45, 7) is 4.63. The topological polar surface area (TPSA) is 102 Å². The first kappa shape index (κ1) is 16.8. The van der Waals surface area contributed by atoms with Crippen LogP contribution in [0.5, 0.6) is 5.75 Å². The molecule has 0 fully saturated rings. The van der Waals surface area contributed by atoms with Crippen LogP contribution in [0.25, 0.3) is 0 Å². The molecule has 8 heteroatoms. The van der Waals surface area contributed by atoms with E-state index in [-0.39, 0.29) is 18.4 Å². The molecule has 1 unspecified atom stereocenters. The molecule has 0 aliphatic rings. The van der Waals surface area contributed by atoms with Crippen LogP contribution in [0.1, 0.15) is 20.8 Å². The third-order valence-electron chi connectivity index (χ3n) is 2.72. The number of ether oxygens (including phenoxy) is 1. The second kappa shape index (κ2) is 6.49. The molecule has 1 aromatic rings. The summed E-state index contributed by atoms with van der Waals surface area (Å²) >= 11 is 0. The summed E-state index contributed by atoms with van der Waals surface area (Å²) in [4.78, 5) is 21.1. The Morgan fingerprint density at radius 2 is 2.19 bits per heavy atom. The molecule has 0 aromatic heterocycles. The molecule has 0 aliphatic carbocycles. The molecule has 2 N–H and O–H groups in total. The highest BCUT2D eigenvalue weighted by atomic mass is 19.1. The van der Waals surface area contributed by atoms with E-state index in [1.807, 2.05) is 0 Å². The van der Waals surface area contributed by atoms with E-state index in [4.69, 9.17) is 4.74 Å². The number of nitro groups is 1. The summed E-state index contributed by atoms with van der Waals surface area (Å²) in [5, 5.41) is 22.5. The Bertz CT molecular complexity index is 549. The number of nitro benzene ring substituents is 1. The number of rotatable bonds is 7. The van der Waals surface area contributed by atoms with Gasteiger partial charge in [-0.2, -0.15) is 0 Å². The van der Waals surface area contributed by atoms with Crippen molar-refractivity contribution < 1.29 is 24.0 Å². The van der Waals surface area contributed by atoms with Gasteiger partial charge >= 0.3 is 5.97 Å². The summed E-state index contributed by atoms with van der Waals surface area (Å²) in [7, 11) is 0. The highest BCUT2D eigenvalue weighted by Gasteiger charge is 2.35. The number of aliphatic carboxylic acids is 1. The number of nitrogens with one attached hydrogen (secondary N) is 1. The zero-order valence-corrected chi connectivity index (χ0v) is 11.9. The van der Waals surface area contributed by atoms with Crippen LogP contribution in [0.3, 0.4) is 0 Å². The van der Waals surface area contributed by atoms with Gasteiger partial charge in [-0.1, -0.05) is 0 Å². The maximum Gasteiger partial charge on any atom is 0.327 e. The van der Waals surface area contributed by atoms with Gasteiger partial charge in [-0.3, -0.25) is 20.2 Å². The van der Waals surface area contributed by atoms with Gasteiger partial charge in [-0.15, -0.1) is 0 Å². The lowest BCUT2D eigenvalue weighted by atomic mass is 10.0. The van der Waals surface area contributed by atoms with E-state index in [9.17, 15) is 24.4 Å². The Kier molecular flexibility index (Phi) is 5.20. The first-order valence-electron chi connectivity index (χ1n) is 6.23. The lowest BCUT2D eigenvalue weighted by molar-refractivity contribution is -0.385. The Hall–Kier alpha value is -2.22. The normalized spacial score (nSPS) is 13.8. The molecule has 0 saturated carbocycles. The number of non-ortho nitro benzene ring substituents is 1. The van der Waals surface area contributed by atoms with Crippen molar-refractivity contribution in [2.75, 3.05) is 6.61 Å². The zero-order chi connectivity index (χ0) is 16.2. The van der Waals surface area contributed by atoms with Gasteiger partial charge in [0.1, 0.15) is 12.1 Å². The molecule has 0 heterocycles. The predicted octanol–water partition coefficient (Wildman–Crippen LogP) is 1.95. The fourth-order valence-electron chi connectivity index (χ4n) is 1.74. The third kappa shape index (κ3) is 4.38. The lowest BCUT2D eigenvalue weighted by Crippen LogP contribution is -2.56. The van der Waals surface area contributed by atoms with Crippen molar-refractivity contribution in [3.8, 4) is 5.75 Å². The highest BCUT2D eigenvalue weighted by molar-refractivity contribution is 5.78. The molecule has 0 aliphatic heterocycles. The van der Waals surface area contributed by atoms with Crippen molar-refractivity contribution in [2.45, 2.75) is 32.4 Å². The Labute approximate surface area is 120 Å². The van der Waals surface area contributed by atoms with Crippen LogP contribution in [0.2, 0.25) is 0 Å². The van der Waals surface area contributed by atoms with Crippen molar-refractivity contribution in [3.63, 3.8) is 0 Å². The number of halogens is 1. The standard InChI is InChI=1S/C13H17FN2O5/c1-8(2)15-13(3,12(17)18)7-21-11-5-4-9(16(19)20)6-10(11)14/h4-6,8,15H,7H2,1-3H3,(H,17,18). The SMILES string of the molecule is CC(C)NC(C)(COc1ccc([N+](=O)[O-])cc1F)C(=O)O. The Morgan fingerprint density at radius 1 is 1.57 bits per heavy atom. The van der Waals surface area contributed by atoms with Crippen molar-refractivity contribution in [1.29, 1.82) is 0 Å². The Morgan fingerprint density at radius 3 is 2.62 bits per heavy atom. The molecular formula is C13H17FN2O5. The summed E-state index contributed by atoms with van der Waals surface area (Å²) in [5.41, 5.74) is -1.80. The minimum Gasteiger partial charge on any atom is -0.488 e. The smallest absolute Gasteiger partial charge is 0.327 e. The van der Waals surface area contributed by atoms with Crippen molar-refractivity contribution >= 4 is 11.7 Å². The van der Waals surface area contributed by atoms with Crippen molar-refractivity contribution in [1.82, 2.24) is 5.32 Å². The summed E-state index contributed by atoms with van der Waals surface area (Å²) in [6.07, 6.45) is 0. The van der Waals surface area contributed by atoms with Gasteiger partial charge in [0.05, 0.1) is 11.0 Å². The first-order valence-corrected chi connectivity index (χ1v) is 6.23. The van der Waals surface area contributed by atoms with Gasteiger partial charge in [-0.05, 0) is 26.8 Å². The number of hydrogen-bond donors (Lipinski definition) is 2. The zero-order valence-electron chi connectivity index (χ0n) is 11.9. The van der Waals surface area contributed by atoms with E-state index in [0.29, 0.717) is 0 Å². The average Bonchev–Trinajstić information content (AvgIpc) is 2.36. The molecule has 1 rings (SSSR count). The summed E-state index contributed by atoms with van der Waals surface area (Å²) in [5.74, 6) is -2.29. The van der Waals surface area contributed by atoms with E-state index in [1.165, 1.54) is 6.92 Å². The van der Waals surface area contributed by atoms with E-state index in [2.05, 4.69) is 5.32 Å². The Balaban J connectivity index is 2.86. The monoisotopic (exact) mass is 300 g/mol. The minimum atomic E-state index is -1.40. The maximum absolute atomic E-state index is 13.7. The number of hydrogen-bond acceptors (Lipinski definition) is 5. The van der Waals surface area contributed by atoms with Crippen LogP contribution < -0.4 is 10.1 Å². The van der Waals surface area contributed by atoms with Gasteiger partial charge in [0.2, 0.25) is 0 Å². The number of carboxylic acid groups (broad SMARTS) is 1. The fourth-order valence-corrected chi connectivity index (χ4v) is 1.74. The number of carbonyl (C=O) groups is 1. The second-order valence-corrected chi connectivity index (χ2v) is 5.10. The predicted molar refractivity (Wildman–Crippen MR) is 72.9 cm³/mol. The maximum atomic E-state index is 13.7. The number of carboxylic acids is 1. The lowest BCUT2D eigenvalue weighted by Gasteiger charge is -2.28. The van der Waals surface area contributed by atoms with Gasteiger partial charge < -0.3 is 9.84 Å². The molecule has 0 radical (unpaired) electrons. The largest absolute Gasteiger partial charge is 0.488 e. The van der Waals surface area contributed by atoms with Gasteiger partial charge in [0, 0.05) is 12.1 Å². The quantitative estimate of drug-likeness (QED) is 0.589. The molecule has 0 amide bonds. The van der Waals surface area contributed by atoms with Crippen LogP contribution in [-0.4, -0.2) is 34.2 Å². The van der Waals surface area contributed by atoms with Crippen LogP contribution in [-0.2, 0) is 4.79 Å². The number of nitrogens with zero attached hydrogens (tertiary/aromatic N) is 1. The summed E-state index contributed by atoms with van der Waals surface area (Å²) in [6, 6.07) is 2.80. The second-order valence-electron chi connectivity index (χ2n) is 5.10. The van der Waals surface area contributed by atoms with Gasteiger partial charge in [0.15, 0.2) is 11.6 Å². The molecule has 0 saturated heterocycles. The molecule has 1 atom stereocenters. The van der Waals surface area contributed by atoms with E-state index in [0.717, 1.165) is 18.2 Å². The van der Waals surface area contributed by atoms with E-state index < -0.39 is 27.9 Å². The minimum absolute atomic E-state index is 0.114. The van der Waals surface area contributed by atoms with Gasteiger partial charge in [0.25, 0.3) is 5.69 Å². The van der Waals surface area contributed by atoms with Crippen LogP contribution in [0.15, 0.2) is 18.2 Å². The molecular weight excluding hydrogens is 283 g/mol.